The molecule has 4 fully saturated rings. The van der Waals surface area contributed by atoms with Gasteiger partial charge in [-0.2, -0.15) is 0 Å². The molecule has 0 spiro atoms. The summed E-state index contributed by atoms with van der Waals surface area (Å²) in [7, 11) is 0. The molecule has 0 aromatic heterocycles. The van der Waals surface area contributed by atoms with Gasteiger partial charge in [0.1, 0.15) is 5.78 Å². The second kappa shape index (κ2) is 26.1. The zero-order valence-corrected chi connectivity index (χ0v) is 30.6. The van der Waals surface area contributed by atoms with E-state index >= 15 is 0 Å². The van der Waals surface area contributed by atoms with Crippen LogP contribution in [0.4, 0.5) is 0 Å². The molecule has 4 aliphatic carbocycles. The molecule has 0 aliphatic heterocycles. The van der Waals surface area contributed by atoms with Crippen LogP contribution in [0.15, 0.2) is 12.2 Å². The Morgan fingerprint density at radius 1 is 0.812 bits per heavy atom. The number of aliphatic hydroxyl groups is 1. The average molecular weight is 676 g/mol. The quantitative estimate of drug-likeness (QED) is 0.0820. The highest BCUT2D eigenvalue weighted by Crippen LogP contribution is 2.34. The normalized spacial score (nSPS) is 25.9. The lowest BCUT2D eigenvalue weighted by Gasteiger charge is -2.26. The number of rotatable bonds is 16. The molecule has 0 aromatic rings. The zero-order valence-electron chi connectivity index (χ0n) is 30.6. The van der Waals surface area contributed by atoms with Gasteiger partial charge in [-0.25, -0.2) is 0 Å². The van der Waals surface area contributed by atoms with Crippen LogP contribution >= 0.6 is 0 Å². The van der Waals surface area contributed by atoms with Crippen LogP contribution in [-0.2, 0) is 14.4 Å². The van der Waals surface area contributed by atoms with Crippen molar-refractivity contribution >= 4 is 17.7 Å². The molecule has 0 bridgehead atoms. The number of carboxylic acids is 1. The molecule has 4 rings (SSSR count). The molecule has 8 heteroatoms. The van der Waals surface area contributed by atoms with Gasteiger partial charge in [0.2, 0.25) is 5.91 Å². The molecule has 0 heterocycles. The number of nitrogens with two attached hydrogens (primary N) is 2. The van der Waals surface area contributed by atoms with Crippen molar-refractivity contribution in [2.75, 3.05) is 6.54 Å². The summed E-state index contributed by atoms with van der Waals surface area (Å²) in [6.45, 7) is 2.82. The molecular weight excluding hydrogens is 602 g/mol. The molecule has 8 nitrogen and oxygen atoms in total. The number of Topliss-reactive ketones (excluding diaryl/α,β-unsaturated/α-hetero) is 1. The maximum absolute atomic E-state index is 12.3. The van der Waals surface area contributed by atoms with Gasteiger partial charge in [0.15, 0.2) is 0 Å². The zero-order chi connectivity index (χ0) is 35.0. The second-order valence-corrected chi connectivity index (χ2v) is 15.3. The smallest absolute Gasteiger partial charge is 0.306 e. The highest BCUT2D eigenvalue weighted by molar-refractivity contribution is 5.83. The predicted octanol–water partition coefficient (Wildman–Crippen LogP) is 7.98. The van der Waals surface area contributed by atoms with Crippen LogP contribution < -0.4 is 16.8 Å². The minimum atomic E-state index is -0.691. The van der Waals surface area contributed by atoms with Crippen LogP contribution in [0.1, 0.15) is 174 Å². The standard InChI is InChI=1S/C28H47NO5.2C6H13N/c1-2-3-6-9-24(30)18-16-22-17-19-26(31)25(22)10-7-4-5-8-11-27(32)29-20-21-12-14-23(15-13-21)28(33)34;2*7-6-4-2-1-3-5-6/h16,18,21-25,30H,2-15,17,19-20H2,1H3,(H,29,32)(H,33,34);2*6H,1-5,7H2/b18-16+;;/t21?,22-,23?,24-,25+;;/m0../s1. The van der Waals surface area contributed by atoms with E-state index in [2.05, 4.69) is 18.3 Å². The molecule has 0 aromatic carbocycles. The van der Waals surface area contributed by atoms with Crippen molar-refractivity contribution < 1.29 is 24.6 Å². The SMILES string of the molecule is CCCCC[C@H](O)/C=C/[C@H]1CCC(=O)[C@@H]1CCCCCCC(=O)NCC1CCC(C(=O)O)CC1.NC1CCCCC1.NC1CCCCC1. The number of aliphatic hydroxyl groups excluding tert-OH is 1. The Morgan fingerprint density at radius 3 is 1.96 bits per heavy atom. The Bertz CT molecular complexity index is 875. The van der Waals surface area contributed by atoms with E-state index in [4.69, 9.17) is 16.6 Å². The van der Waals surface area contributed by atoms with Crippen LogP contribution in [0.2, 0.25) is 0 Å². The van der Waals surface area contributed by atoms with Crippen molar-refractivity contribution in [3.8, 4) is 0 Å². The first-order valence-corrected chi connectivity index (χ1v) is 20.1. The molecule has 0 saturated heterocycles. The van der Waals surface area contributed by atoms with Crippen LogP contribution in [-0.4, -0.2) is 52.6 Å². The molecular formula is C40H73N3O5. The van der Waals surface area contributed by atoms with Gasteiger partial charge in [-0.3, -0.25) is 14.4 Å². The van der Waals surface area contributed by atoms with E-state index in [0.717, 1.165) is 89.9 Å². The first-order chi connectivity index (χ1) is 23.2. The number of carbonyl (C=O) groups is 3. The summed E-state index contributed by atoms with van der Waals surface area (Å²) in [6.07, 6.45) is 31.2. The molecule has 4 saturated carbocycles. The number of hydrogen-bond acceptors (Lipinski definition) is 6. The van der Waals surface area contributed by atoms with Gasteiger partial charge in [0.25, 0.3) is 0 Å². The fourth-order valence-electron chi connectivity index (χ4n) is 7.74. The summed E-state index contributed by atoms with van der Waals surface area (Å²) in [5.74, 6) is 0.329. The van der Waals surface area contributed by atoms with Gasteiger partial charge < -0.3 is 27.0 Å². The lowest BCUT2D eigenvalue weighted by molar-refractivity contribution is -0.143. The van der Waals surface area contributed by atoms with Crippen molar-refractivity contribution in [3.05, 3.63) is 12.2 Å². The van der Waals surface area contributed by atoms with Crippen LogP contribution in [0.3, 0.4) is 0 Å². The minimum absolute atomic E-state index is 0.0917. The molecule has 0 unspecified atom stereocenters. The van der Waals surface area contributed by atoms with Crippen molar-refractivity contribution in [2.24, 2.45) is 35.1 Å². The van der Waals surface area contributed by atoms with Gasteiger partial charge in [-0.15, -0.1) is 0 Å². The van der Waals surface area contributed by atoms with Gasteiger partial charge in [-0.05, 0) is 88.9 Å². The highest BCUT2D eigenvalue weighted by Gasteiger charge is 2.32. The third kappa shape index (κ3) is 19.4. The van der Waals surface area contributed by atoms with Crippen LogP contribution in [0.5, 0.6) is 0 Å². The minimum Gasteiger partial charge on any atom is -0.481 e. The van der Waals surface area contributed by atoms with Crippen LogP contribution in [0.25, 0.3) is 0 Å². The first-order valence-electron chi connectivity index (χ1n) is 20.1. The predicted molar refractivity (Wildman–Crippen MR) is 196 cm³/mol. The average Bonchev–Trinajstić information content (AvgIpc) is 3.44. The van der Waals surface area contributed by atoms with Gasteiger partial charge in [0, 0.05) is 37.4 Å². The Kier molecular flexibility index (Phi) is 23.0. The number of allylic oxidation sites excluding steroid dienone is 1. The van der Waals surface area contributed by atoms with E-state index in [9.17, 15) is 19.5 Å². The lowest BCUT2D eigenvalue weighted by atomic mass is 9.82. The Hall–Kier alpha value is -1.77. The summed E-state index contributed by atoms with van der Waals surface area (Å²) in [5.41, 5.74) is 11.3. The number of aliphatic carboxylic acids is 1. The number of hydrogen-bond donors (Lipinski definition) is 5. The summed E-state index contributed by atoms with van der Waals surface area (Å²) < 4.78 is 0. The summed E-state index contributed by atoms with van der Waals surface area (Å²) >= 11 is 0. The van der Waals surface area contributed by atoms with Crippen molar-refractivity contribution in [1.29, 1.82) is 0 Å². The van der Waals surface area contributed by atoms with Crippen molar-refractivity contribution in [3.63, 3.8) is 0 Å². The Morgan fingerprint density at radius 2 is 1.42 bits per heavy atom. The first kappa shape index (κ1) is 42.4. The monoisotopic (exact) mass is 676 g/mol. The summed E-state index contributed by atoms with van der Waals surface area (Å²) in [5, 5.41) is 22.2. The van der Waals surface area contributed by atoms with E-state index in [0.29, 0.717) is 43.2 Å². The van der Waals surface area contributed by atoms with E-state index in [1.54, 1.807) is 0 Å². The van der Waals surface area contributed by atoms with E-state index in [-0.39, 0.29) is 23.7 Å². The van der Waals surface area contributed by atoms with E-state index < -0.39 is 12.1 Å². The Balaban J connectivity index is 0.000000464. The number of carboxylic acid groups (broad SMARTS) is 1. The number of carbonyl (C=O) groups excluding carboxylic acids is 2. The summed E-state index contributed by atoms with van der Waals surface area (Å²) in [6, 6.07) is 1.07. The molecule has 278 valence electrons. The topological polar surface area (TPSA) is 156 Å². The number of ketones is 1. The van der Waals surface area contributed by atoms with Crippen molar-refractivity contribution in [1.82, 2.24) is 5.32 Å². The maximum Gasteiger partial charge on any atom is 0.306 e. The van der Waals surface area contributed by atoms with E-state index in [1.807, 2.05) is 6.08 Å². The number of nitrogens with one attached hydrogen (secondary N) is 1. The van der Waals surface area contributed by atoms with E-state index in [1.165, 1.54) is 64.2 Å². The van der Waals surface area contributed by atoms with Gasteiger partial charge >= 0.3 is 5.97 Å². The van der Waals surface area contributed by atoms with Gasteiger partial charge in [0.05, 0.1) is 12.0 Å². The number of amides is 1. The summed E-state index contributed by atoms with van der Waals surface area (Å²) in [4.78, 5) is 35.5. The second-order valence-electron chi connectivity index (χ2n) is 15.3. The lowest BCUT2D eigenvalue weighted by Crippen LogP contribution is -2.32. The van der Waals surface area contributed by atoms with Gasteiger partial charge in [-0.1, -0.05) is 96.1 Å². The molecule has 48 heavy (non-hydrogen) atoms. The largest absolute Gasteiger partial charge is 0.481 e. The molecule has 7 N–H and O–H groups in total. The Labute approximate surface area is 293 Å². The number of unbranched alkanes of at least 4 members (excludes halogenated alkanes) is 5. The highest BCUT2D eigenvalue weighted by atomic mass is 16.4. The fourth-order valence-corrected chi connectivity index (χ4v) is 7.74. The molecule has 3 atom stereocenters. The third-order valence-corrected chi connectivity index (χ3v) is 11.1. The fraction of sp³-hybridized carbons (Fsp3) is 0.875. The van der Waals surface area contributed by atoms with Crippen LogP contribution in [0, 0.1) is 23.7 Å². The van der Waals surface area contributed by atoms with Crippen molar-refractivity contribution in [2.45, 2.75) is 192 Å². The molecule has 4 aliphatic rings. The third-order valence-electron chi connectivity index (χ3n) is 11.1. The molecule has 0 radical (unpaired) electrons. The maximum atomic E-state index is 12.3. The molecule has 1 amide bonds.